The Labute approximate surface area is 130 Å². The van der Waals surface area contributed by atoms with Gasteiger partial charge in [-0.15, -0.1) is 0 Å². The molecule has 5 heteroatoms. The Bertz CT molecular complexity index is 693. The molecule has 2 aromatic rings. The van der Waals surface area contributed by atoms with Crippen LogP contribution in [0.5, 0.6) is 0 Å². The molecule has 0 bridgehead atoms. The zero-order valence-corrected chi connectivity index (χ0v) is 13.2. The monoisotopic (exact) mass is 299 g/mol. The van der Waals surface area contributed by atoms with Crippen LogP contribution in [0.3, 0.4) is 0 Å². The molecule has 0 spiro atoms. The molecule has 5 nitrogen and oxygen atoms in total. The van der Waals surface area contributed by atoms with Crippen molar-refractivity contribution in [3.63, 3.8) is 0 Å². The van der Waals surface area contributed by atoms with Gasteiger partial charge in [0.25, 0.3) is 11.5 Å². The summed E-state index contributed by atoms with van der Waals surface area (Å²) in [5.41, 5.74) is 0.914. The predicted octanol–water partition coefficient (Wildman–Crippen LogP) is 2.57. The smallest absolute Gasteiger partial charge is 0.278 e. The Morgan fingerprint density at radius 1 is 1.18 bits per heavy atom. The lowest BCUT2D eigenvalue weighted by Crippen LogP contribution is -2.34. The number of nitrogens with zero attached hydrogens (tertiary/aromatic N) is 3. The van der Waals surface area contributed by atoms with Gasteiger partial charge in [0.05, 0.1) is 0 Å². The van der Waals surface area contributed by atoms with E-state index in [0.717, 1.165) is 5.69 Å². The van der Waals surface area contributed by atoms with Crippen LogP contribution in [0.2, 0.25) is 0 Å². The minimum absolute atomic E-state index is 0.187. The first-order valence-corrected chi connectivity index (χ1v) is 7.48. The van der Waals surface area contributed by atoms with Crippen molar-refractivity contribution in [2.75, 3.05) is 11.4 Å². The van der Waals surface area contributed by atoms with Gasteiger partial charge in [-0.1, -0.05) is 32.0 Å². The number of carbonyl (C=O) groups is 1. The Balaban J connectivity index is 2.34. The number of hydrogen-bond acceptors (Lipinski definition) is 3. The normalized spacial score (nSPS) is 10.7. The van der Waals surface area contributed by atoms with Crippen molar-refractivity contribution < 1.29 is 4.79 Å². The summed E-state index contributed by atoms with van der Waals surface area (Å²) >= 11 is 0. The summed E-state index contributed by atoms with van der Waals surface area (Å²) in [7, 11) is 0. The van der Waals surface area contributed by atoms with Gasteiger partial charge in [-0.05, 0) is 31.0 Å². The van der Waals surface area contributed by atoms with Crippen molar-refractivity contribution in [1.29, 1.82) is 0 Å². The first-order chi connectivity index (χ1) is 10.5. The first-order valence-electron chi connectivity index (χ1n) is 7.48. The second-order valence-electron chi connectivity index (χ2n) is 5.52. The van der Waals surface area contributed by atoms with Crippen LogP contribution in [0, 0.1) is 5.92 Å². The summed E-state index contributed by atoms with van der Waals surface area (Å²) in [5, 5.41) is 4.22. The van der Waals surface area contributed by atoms with Crippen molar-refractivity contribution in [2.45, 2.75) is 27.3 Å². The fourth-order valence-corrected chi connectivity index (χ4v) is 2.23. The highest BCUT2D eigenvalue weighted by Gasteiger charge is 2.18. The molecule has 0 N–H and O–H groups in total. The number of amides is 1. The van der Waals surface area contributed by atoms with E-state index in [1.54, 1.807) is 4.90 Å². The van der Waals surface area contributed by atoms with Crippen LogP contribution in [0.1, 0.15) is 31.3 Å². The molecular formula is C17H21N3O2. The molecule has 0 aliphatic heterocycles. The molecule has 116 valence electrons. The van der Waals surface area contributed by atoms with Crippen LogP contribution in [-0.4, -0.2) is 22.2 Å². The molecule has 0 unspecified atom stereocenters. The fraction of sp³-hybridized carbons (Fsp3) is 0.353. The molecule has 0 atom stereocenters. The van der Waals surface area contributed by atoms with E-state index in [2.05, 4.69) is 5.10 Å². The first kappa shape index (κ1) is 15.9. The number of benzene rings is 1. The van der Waals surface area contributed by atoms with Crippen LogP contribution in [-0.2, 0) is 6.54 Å². The van der Waals surface area contributed by atoms with Crippen molar-refractivity contribution in [1.82, 2.24) is 9.78 Å². The van der Waals surface area contributed by atoms with E-state index < -0.39 is 0 Å². The average Bonchev–Trinajstić information content (AvgIpc) is 2.50. The largest absolute Gasteiger partial charge is 0.307 e. The van der Waals surface area contributed by atoms with Crippen molar-refractivity contribution >= 4 is 11.6 Å². The molecule has 0 aliphatic rings. The molecule has 2 rings (SSSR count). The van der Waals surface area contributed by atoms with Crippen molar-refractivity contribution in [3.8, 4) is 0 Å². The number of carbonyl (C=O) groups excluding carboxylic acids is 1. The summed E-state index contributed by atoms with van der Waals surface area (Å²) in [6.45, 7) is 6.95. The van der Waals surface area contributed by atoms with Gasteiger partial charge in [0, 0.05) is 24.8 Å². The lowest BCUT2D eigenvalue weighted by Gasteiger charge is -2.20. The third kappa shape index (κ3) is 3.61. The van der Waals surface area contributed by atoms with Crippen LogP contribution < -0.4 is 10.5 Å². The Morgan fingerprint density at radius 3 is 2.45 bits per heavy atom. The van der Waals surface area contributed by atoms with Gasteiger partial charge in [-0.2, -0.15) is 5.10 Å². The summed E-state index contributed by atoms with van der Waals surface area (Å²) in [6, 6.07) is 12.3. The summed E-state index contributed by atoms with van der Waals surface area (Å²) in [4.78, 5) is 26.1. The topological polar surface area (TPSA) is 55.2 Å². The van der Waals surface area contributed by atoms with Crippen molar-refractivity contribution in [2.24, 2.45) is 5.92 Å². The molecule has 1 aromatic heterocycles. The van der Waals surface area contributed by atoms with E-state index in [1.165, 1.54) is 16.8 Å². The highest BCUT2D eigenvalue weighted by atomic mass is 16.2. The fourth-order valence-electron chi connectivity index (χ4n) is 2.23. The van der Waals surface area contributed by atoms with E-state index >= 15 is 0 Å². The molecule has 0 saturated carbocycles. The van der Waals surface area contributed by atoms with Gasteiger partial charge in [0.2, 0.25) is 0 Å². The quantitative estimate of drug-likeness (QED) is 0.852. The van der Waals surface area contributed by atoms with Gasteiger partial charge in [0.15, 0.2) is 0 Å². The van der Waals surface area contributed by atoms with E-state index in [9.17, 15) is 9.59 Å². The van der Waals surface area contributed by atoms with Gasteiger partial charge < -0.3 is 4.90 Å². The van der Waals surface area contributed by atoms with Gasteiger partial charge in [0.1, 0.15) is 5.69 Å². The molecule has 22 heavy (non-hydrogen) atoms. The third-order valence-electron chi connectivity index (χ3n) is 3.25. The second kappa shape index (κ2) is 7.02. The highest BCUT2D eigenvalue weighted by molar-refractivity contribution is 6.04. The maximum Gasteiger partial charge on any atom is 0.278 e. The van der Waals surface area contributed by atoms with E-state index in [4.69, 9.17) is 0 Å². The minimum atomic E-state index is -0.203. The second-order valence-corrected chi connectivity index (χ2v) is 5.52. The number of rotatable bonds is 5. The molecule has 0 fully saturated rings. The molecule has 0 radical (unpaired) electrons. The summed E-state index contributed by atoms with van der Waals surface area (Å²) in [5.74, 6) is 0.0816. The van der Waals surface area contributed by atoms with E-state index in [1.807, 2.05) is 51.1 Å². The SMILES string of the molecule is CCN(C(=O)c1ccc(=O)n(CC(C)C)n1)c1ccccc1. The maximum atomic E-state index is 12.7. The molecule has 1 amide bonds. The molecule has 0 saturated heterocycles. The Kier molecular flexibility index (Phi) is 5.09. The van der Waals surface area contributed by atoms with Gasteiger partial charge in [-0.25, -0.2) is 4.68 Å². The standard InChI is InChI=1S/C17H21N3O2/c1-4-19(14-8-6-5-7-9-14)17(22)15-10-11-16(21)20(18-15)12-13(2)3/h5-11,13H,4,12H2,1-3H3. The van der Waals surface area contributed by atoms with E-state index in [-0.39, 0.29) is 23.1 Å². The zero-order chi connectivity index (χ0) is 16.1. The van der Waals surface area contributed by atoms with Crippen LogP contribution in [0.4, 0.5) is 5.69 Å². The van der Waals surface area contributed by atoms with Gasteiger partial charge >= 0.3 is 0 Å². The van der Waals surface area contributed by atoms with E-state index in [0.29, 0.717) is 13.1 Å². The van der Waals surface area contributed by atoms with Gasteiger partial charge in [-0.3, -0.25) is 9.59 Å². The average molecular weight is 299 g/mol. The number of hydrogen-bond donors (Lipinski definition) is 0. The number of aromatic nitrogens is 2. The highest BCUT2D eigenvalue weighted by Crippen LogP contribution is 2.15. The number of para-hydroxylation sites is 1. The lowest BCUT2D eigenvalue weighted by molar-refractivity contribution is 0.0980. The summed E-state index contributed by atoms with van der Waals surface area (Å²) in [6.07, 6.45) is 0. The third-order valence-corrected chi connectivity index (χ3v) is 3.25. The van der Waals surface area contributed by atoms with Crippen molar-refractivity contribution in [3.05, 3.63) is 58.5 Å². The number of anilines is 1. The van der Waals surface area contributed by atoms with Crippen LogP contribution in [0.15, 0.2) is 47.3 Å². The summed E-state index contributed by atoms with van der Waals surface area (Å²) < 4.78 is 1.36. The maximum absolute atomic E-state index is 12.7. The minimum Gasteiger partial charge on any atom is -0.307 e. The molecule has 1 aromatic carbocycles. The zero-order valence-electron chi connectivity index (χ0n) is 13.2. The predicted molar refractivity (Wildman–Crippen MR) is 87.1 cm³/mol. The lowest BCUT2D eigenvalue weighted by atomic mass is 10.2. The van der Waals surface area contributed by atoms with Crippen LogP contribution in [0.25, 0.3) is 0 Å². The molecule has 1 heterocycles. The Morgan fingerprint density at radius 2 is 1.86 bits per heavy atom. The molecular weight excluding hydrogens is 278 g/mol. The Hall–Kier alpha value is -2.43. The molecule has 0 aliphatic carbocycles. The van der Waals surface area contributed by atoms with Crippen LogP contribution >= 0.6 is 0 Å².